The molecule has 0 fully saturated rings. The van der Waals surface area contributed by atoms with E-state index in [4.69, 9.17) is 15.4 Å². The highest BCUT2D eigenvalue weighted by Crippen LogP contribution is 2.50. The molecule has 0 bridgehead atoms. The summed E-state index contributed by atoms with van der Waals surface area (Å²) in [7, 11) is -1.76. The third-order valence-electron chi connectivity index (χ3n) is 13.2. The molecule has 6 heterocycles. The first-order valence-corrected chi connectivity index (χ1v) is 24.8. The van der Waals surface area contributed by atoms with Gasteiger partial charge in [0.05, 0.1) is 26.6 Å². The number of benzene rings is 5. The zero-order valence-electron chi connectivity index (χ0n) is 34.5. The van der Waals surface area contributed by atoms with Gasteiger partial charge in [0, 0.05) is 38.7 Å². The maximum Gasteiger partial charge on any atom is 0.298 e. The van der Waals surface area contributed by atoms with Crippen LogP contribution in [0, 0.1) is 5.92 Å². The third-order valence-corrected chi connectivity index (χ3v) is 15.3. The quantitative estimate of drug-likeness (QED) is 0.132. The van der Waals surface area contributed by atoms with Gasteiger partial charge >= 0.3 is 0 Å². The van der Waals surface area contributed by atoms with E-state index in [-0.39, 0.29) is 12.0 Å². The molecule has 9 aromatic rings. The van der Waals surface area contributed by atoms with Crippen molar-refractivity contribution in [2.45, 2.75) is 84.6 Å². The van der Waals surface area contributed by atoms with Gasteiger partial charge in [0.15, 0.2) is 28.9 Å². The fraction of sp³-hybridized carbons (Fsp3) is 0.269. The molecule has 0 N–H and O–H groups in total. The molecule has 6 heteroatoms. The minimum atomic E-state index is -1.76. The predicted molar refractivity (Wildman–Crippen MR) is 241 cm³/mol. The van der Waals surface area contributed by atoms with Gasteiger partial charge in [-0.1, -0.05) is 113 Å². The molecule has 2 atom stereocenters. The van der Waals surface area contributed by atoms with Gasteiger partial charge in [0.1, 0.15) is 28.0 Å². The number of aromatic nitrogens is 3. The van der Waals surface area contributed by atoms with Gasteiger partial charge in [-0.3, -0.25) is 0 Å². The lowest BCUT2D eigenvalue weighted by molar-refractivity contribution is -0.716. The summed E-state index contributed by atoms with van der Waals surface area (Å²) in [6.07, 6.45) is 6.33. The summed E-state index contributed by atoms with van der Waals surface area (Å²) in [5, 5.41) is 6.23. The van der Waals surface area contributed by atoms with Crippen LogP contribution < -0.4 is 14.3 Å². The Balaban J connectivity index is 1.22. The van der Waals surface area contributed by atoms with E-state index in [0.29, 0.717) is 5.92 Å². The average molecular weight is 778 g/mol. The van der Waals surface area contributed by atoms with Gasteiger partial charge in [-0.25, -0.2) is 4.57 Å². The number of hydrogen-bond donors (Lipinski definition) is 0. The van der Waals surface area contributed by atoms with Crippen LogP contribution in [0.25, 0.3) is 83.3 Å². The minimum Gasteiger partial charge on any atom is -0.455 e. The van der Waals surface area contributed by atoms with E-state index in [1.54, 1.807) is 5.19 Å². The summed E-state index contributed by atoms with van der Waals surface area (Å²) in [5.41, 5.74) is 15.2. The van der Waals surface area contributed by atoms with E-state index in [2.05, 4.69) is 163 Å². The number of hydrogen-bond acceptors (Lipinski definition) is 2. The number of pyridine rings is 1. The average Bonchev–Trinajstić information content (AvgIpc) is 3.88. The highest BCUT2D eigenvalue weighted by molar-refractivity contribution is 6.89. The van der Waals surface area contributed by atoms with Crippen molar-refractivity contribution in [3.05, 3.63) is 133 Å². The molecule has 4 aromatic heterocycles. The van der Waals surface area contributed by atoms with Crippen LogP contribution in [0.5, 0.6) is 0 Å². The van der Waals surface area contributed by atoms with Crippen LogP contribution in [0.15, 0.2) is 125 Å². The highest BCUT2D eigenvalue weighted by atomic mass is 28.3. The van der Waals surface area contributed by atoms with E-state index < -0.39 is 8.07 Å². The number of furan rings is 2. The van der Waals surface area contributed by atoms with Crippen molar-refractivity contribution >= 4 is 73.9 Å². The Morgan fingerprint density at radius 2 is 1.45 bits per heavy atom. The monoisotopic (exact) mass is 777 g/mol. The van der Waals surface area contributed by atoms with Crippen LogP contribution in [-0.4, -0.2) is 12.6 Å². The molecule has 58 heavy (non-hydrogen) atoms. The SMILES string of the molecule is C=C1CC2C(CCc3ccc4c(oc5ccccc54)c3-c3n1c1ccccc1[n+]3CC)c1ccc3c(oc4ccccc43)c1-c1cc(CC(C)C)c([Si](C)(C)C)c[n+]12. The first kappa shape index (κ1) is 35.4. The summed E-state index contributed by atoms with van der Waals surface area (Å²) in [6.45, 7) is 20.4. The summed E-state index contributed by atoms with van der Waals surface area (Å²) in [4.78, 5) is 0. The van der Waals surface area contributed by atoms with E-state index >= 15 is 0 Å². The van der Waals surface area contributed by atoms with E-state index in [0.717, 1.165) is 76.9 Å². The molecule has 0 saturated carbocycles. The Morgan fingerprint density at radius 1 is 0.793 bits per heavy atom. The molecule has 0 radical (unpaired) electrons. The number of aryl methyl sites for hydroxylation is 2. The second-order valence-electron chi connectivity index (χ2n) is 18.3. The maximum absolute atomic E-state index is 6.93. The molecule has 0 amide bonds. The Morgan fingerprint density at radius 3 is 2.14 bits per heavy atom. The molecule has 5 aromatic carbocycles. The van der Waals surface area contributed by atoms with Gasteiger partial charge in [0.25, 0.3) is 5.82 Å². The minimum absolute atomic E-state index is 0.153. The highest BCUT2D eigenvalue weighted by Gasteiger charge is 2.46. The molecule has 0 spiro atoms. The van der Waals surface area contributed by atoms with Gasteiger partial charge in [0.2, 0.25) is 5.69 Å². The van der Waals surface area contributed by atoms with Crippen LogP contribution in [0.4, 0.5) is 0 Å². The lowest BCUT2D eigenvalue weighted by Crippen LogP contribution is -2.54. The Hall–Kier alpha value is -5.72. The molecule has 0 saturated heterocycles. The number of para-hydroxylation sites is 4. The number of nitrogens with zero attached hydrogens (tertiary/aromatic N) is 3. The van der Waals surface area contributed by atoms with Crippen molar-refractivity contribution in [1.82, 2.24) is 4.57 Å². The van der Waals surface area contributed by atoms with Crippen LogP contribution >= 0.6 is 0 Å². The second-order valence-corrected chi connectivity index (χ2v) is 23.3. The van der Waals surface area contributed by atoms with E-state index in [9.17, 15) is 0 Å². The Labute approximate surface area is 340 Å². The van der Waals surface area contributed by atoms with Gasteiger partial charge < -0.3 is 8.83 Å². The Bertz CT molecular complexity index is 3170. The molecule has 5 nitrogen and oxygen atoms in total. The zero-order chi connectivity index (χ0) is 39.6. The molecule has 288 valence electrons. The summed E-state index contributed by atoms with van der Waals surface area (Å²) >= 11 is 0. The predicted octanol–water partition coefficient (Wildman–Crippen LogP) is 12.3. The first-order valence-electron chi connectivity index (χ1n) is 21.3. The normalized spacial score (nSPS) is 16.9. The fourth-order valence-electron chi connectivity index (χ4n) is 10.8. The van der Waals surface area contributed by atoms with Crippen LogP contribution in [0.2, 0.25) is 19.6 Å². The smallest absolute Gasteiger partial charge is 0.298 e. The molecular formula is C52H51N3O2Si+2. The lowest BCUT2D eigenvalue weighted by Gasteiger charge is -2.33. The van der Waals surface area contributed by atoms with Crippen LogP contribution in [0.3, 0.4) is 0 Å². The zero-order valence-corrected chi connectivity index (χ0v) is 35.5. The second kappa shape index (κ2) is 12.9. The lowest BCUT2D eigenvalue weighted by atomic mass is 9.76. The summed E-state index contributed by atoms with van der Waals surface area (Å²) in [5.74, 6) is 1.92. The standard InChI is InChI=1S/C52H51N3O2Si/c1-8-53-41-17-11-12-18-42(41)55-32(4)28-43-35(23-21-33-22-24-39-36-15-9-13-19-45(36)56-50(39)48(33)52(53)55)38-25-26-40-37-16-10-14-20-46(37)57-51(40)49(38)44-29-34(27-31(2)3)47(30-54(43)44)58(5,6)7/h9-20,22,24-26,29-31,35,43H,4,8,21,23,27-28H2,1-3,5-7H3/q+2. The van der Waals surface area contributed by atoms with Crippen molar-refractivity contribution < 1.29 is 18.0 Å². The topological polar surface area (TPSA) is 39.0 Å². The number of rotatable bonds is 4. The largest absolute Gasteiger partial charge is 0.455 e. The summed E-state index contributed by atoms with van der Waals surface area (Å²) < 4.78 is 21.5. The fourth-order valence-corrected chi connectivity index (χ4v) is 12.4. The van der Waals surface area contributed by atoms with E-state index in [1.807, 2.05) is 0 Å². The third kappa shape index (κ3) is 5.13. The number of allylic oxidation sites excluding steroid dienone is 1. The van der Waals surface area contributed by atoms with Crippen molar-refractivity contribution in [3.8, 4) is 22.6 Å². The van der Waals surface area contributed by atoms with Crippen molar-refractivity contribution in [3.63, 3.8) is 0 Å². The Kier molecular flexibility index (Phi) is 7.88. The molecule has 11 rings (SSSR count). The molecule has 2 aliphatic rings. The van der Waals surface area contributed by atoms with Crippen molar-refractivity contribution in [1.29, 1.82) is 0 Å². The van der Waals surface area contributed by atoms with Crippen LogP contribution in [-0.2, 0) is 19.4 Å². The van der Waals surface area contributed by atoms with Crippen LogP contribution in [0.1, 0.15) is 62.3 Å². The van der Waals surface area contributed by atoms with Crippen molar-refractivity contribution in [2.24, 2.45) is 5.92 Å². The van der Waals surface area contributed by atoms with E-state index in [1.165, 1.54) is 55.3 Å². The van der Waals surface area contributed by atoms with Gasteiger partial charge in [-0.05, 0) is 73.1 Å². The molecule has 2 unspecified atom stereocenters. The number of fused-ring (bicyclic) bond motifs is 19. The molecular weight excluding hydrogens is 727 g/mol. The molecule has 2 aliphatic heterocycles. The summed E-state index contributed by atoms with van der Waals surface area (Å²) in [6, 6.07) is 38.1. The molecule has 0 aliphatic carbocycles. The van der Waals surface area contributed by atoms with Gasteiger partial charge in [-0.15, -0.1) is 0 Å². The van der Waals surface area contributed by atoms with Gasteiger partial charge in [-0.2, -0.15) is 9.13 Å². The maximum atomic E-state index is 6.93. The first-order chi connectivity index (χ1) is 28.1. The number of imidazole rings is 1. The van der Waals surface area contributed by atoms with Crippen molar-refractivity contribution in [2.75, 3.05) is 0 Å².